The lowest BCUT2D eigenvalue weighted by Crippen LogP contribution is -2.10. The van der Waals surface area contributed by atoms with E-state index in [1.807, 2.05) is 12.1 Å². The Bertz CT molecular complexity index is 386. The average molecular weight is 279 g/mol. The number of rotatable bonds is 3. The molecule has 0 amide bonds. The highest BCUT2D eigenvalue weighted by Crippen LogP contribution is 2.56. The number of hydrogen-bond acceptors (Lipinski definition) is 1. The Morgan fingerprint density at radius 3 is 2.00 bits per heavy atom. The van der Waals surface area contributed by atoms with Crippen LogP contribution in [0.15, 0.2) is 24.3 Å². The highest BCUT2D eigenvalue weighted by Gasteiger charge is 2.15. The molecular weight excluding hydrogens is 262 g/mol. The molecule has 1 rings (SSSR count). The van der Waals surface area contributed by atoms with Gasteiger partial charge < -0.3 is 0 Å². The van der Waals surface area contributed by atoms with Crippen molar-refractivity contribution in [2.45, 2.75) is 32.6 Å². The predicted molar refractivity (Wildman–Crippen MR) is 73.0 cm³/mol. The molecule has 0 aromatic heterocycles. The maximum Gasteiger partial charge on any atom is 0.253 e. The fraction of sp³-hybridized carbons (Fsp3) is 0.500. The van der Waals surface area contributed by atoms with Crippen LogP contribution in [0.1, 0.15) is 31.9 Å². The van der Waals surface area contributed by atoms with E-state index >= 15 is 0 Å². The molecule has 0 spiro atoms. The van der Waals surface area contributed by atoms with Crippen molar-refractivity contribution in [3.63, 3.8) is 0 Å². The molecule has 0 heterocycles. The first kappa shape index (κ1) is 14.1. The van der Waals surface area contributed by atoms with Crippen molar-refractivity contribution in [3.8, 4) is 0 Å². The molecule has 0 unspecified atom stereocenters. The van der Waals surface area contributed by atoms with Crippen molar-refractivity contribution in [1.29, 1.82) is 0 Å². The van der Waals surface area contributed by atoms with Gasteiger partial charge in [-0.1, -0.05) is 45.0 Å². The topological polar surface area (TPSA) is 17.1 Å². The summed E-state index contributed by atoms with van der Waals surface area (Å²) in [6.45, 7) is 6.52. The number of benzene rings is 1. The highest BCUT2D eigenvalue weighted by molar-refractivity contribution is 8.08. The van der Waals surface area contributed by atoms with Crippen LogP contribution in [0.4, 0.5) is 0 Å². The van der Waals surface area contributed by atoms with Gasteiger partial charge in [-0.2, -0.15) is 0 Å². The number of hydrogen-bond donors (Lipinski definition) is 0. The van der Waals surface area contributed by atoms with Crippen LogP contribution in [-0.4, -0.2) is 6.16 Å². The fourth-order valence-corrected chi connectivity index (χ4v) is 2.46. The summed E-state index contributed by atoms with van der Waals surface area (Å²) in [6.07, 6.45) is 1.000. The Labute approximate surface area is 107 Å². The van der Waals surface area contributed by atoms with E-state index in [4.69, 9.17) is 22.5 Å². The smallest absolute Gasteiger partial charge is 0.253 e. The van der Waals surface area contributed by atoms with Crippen LogP contribution < -0.4 is 0 Å². The minimum atomic E-state index is -2.93. The zero-order chi connectivity index (χ0) is 12.4. The van der Waals surface area contributed by atoms with Crippen LogP contribution in [0.25, 0.3) is 0 Å². The van der Waals surface area contributed by atoms with Gasteiger partial charge in [0.05, 0.1) is 0 Å². The molecule has 0 saturated carbocycles. The molecule has 1 aromatic carbocycles. The molecule has 1 nitrogen and oxygen atoms in total. The molecular formula is C12H17Cl2OP. The molecule has 0 atom stereocenters. The first-order valence-corrected chi connectivity index (χ1v) is 8.96. The molecule has 0 aliphatic rings. The lowest BCUT2D eigenvalue weighted by molar-refractivity contribution is 0.589. The second-order valence-corrected chi connectivity index (χ2v) is 10.4. The van der Waals surface area contributed by atoms with Crippen molar-refractivity contribution < 1.29 is 4.57 Å². The van der Waals surface area contributed by atoms with Crippen molar-refractivity contribution in [1.82, 2.24) is 0 Å². The van der Waals surface area contributed by atoms with E-state index < -0.39 is 5.85 Å². The van der Waals surface area contributed by atoms with Gasteiger partial charge in [0.25, 0.3) is 5.85 Å². The number of aryl methyl sites for hydroxylation is 1. The summed E-state index contributed by atoms with van der Waals surface area (Å²) >= 11 is 11.0. The van der Waals surface area contributed by atoms with Crippen LogP contribution in [0.2, 0.25) is 0 Å². The van der Waals surface area contributed by atoms with Gasteiger partial charge in [0.15, 0.2) is 0 Å². The standard InChI is InChI=1S/C12H17Cl2OP/c1-12(2,3)11-6-4-10(5-7-11)8-9-16(13,14)15/h4-7H,8-9H2,1-3H3. The van der Waals surface area contributed by atoms with Crippen LogP contribution in [-0.2, 0) is 16.4 Å². The van der Waals surface area contributed by atoms with E-state index in [1.54, 1.807) is 0 Å². The Morgan fingerprint density at radius 1 is 1.12 bits per heavy atom. The zero-order valence-corrected chi connectivity index (χ0v) is 12.2. The van der Waals surface area contributed by atoms with Gasteiger partial charge in [0.1, 0.15) is 0 Å². The van der Waals surface area contributed by atoms with Gasteiger partial charge >= 0.3 is 0 Å². The van der Waals surface area contributed by atoms with Crippen LogP contribution in [0.5, 0.6) is 0 Å². The summed E-state index contributed by atoms with van der Waals surface area (Å²) in [5.74, 6) is -2.93. The van der Waals surface area contributed by atoms with Crippen molar-refractivity contribution >= 4 is 28.3 Å². The molecule has 0 bridgehead atoms. The minimum absolute atomic E-state index is 0.160. The molecule has 0 aliphatic carbocycles. The van der Waals surface area contributed by atoms with Crippen LogP contribution in [0.3, 0.4) is 0 Å². The first-order chi connectivity index (χ1) is 7.18. The maximum atomic E-state index is 11.1. The first-order valence-electron chi connectivity index (χ1n) is 5.26. The highest BCUT2D eigenvalue weighted by atomic mass is 35.9. The van der Waals surface area contributed by atoms with E-state index in [0.29, 0.717) is 12.6 Å². The van der Waals surface area contributed by atoms with Gasteiger partial charge in [-0.3, -0.25) is 4.57 Å². The molecule has 4 heteroatoms. The molecule has 0 N–H and O–H groups in total. The molecule has 1 aromatic rings. The fourth-order valence-electron chi connectivity index (χ4n) is 1.43. The van der Waals surface area contributed by atoms with Crippen molar-refractivity contribution in [2.75, 3.05) is 6.16 Å². The lowest BCUT2D eigenvalue weighted by Gasteiger charge is -2.19. The van der Waals surface area contributed by atoms with E-state index in [0.717, 1.165) is 5.56 Å². The quantitative estimate of drug-likeness (QED) is 0.695. The summed E-state index contributed by atoms with van der Waals surface area (Å²) in [5.41, 5.74) is 2.57. The monoisotopic (exact) mass is 278 g/mol. The van der Waals surface area contributed by atoms with E-state index in [1.165, 1.54) is 5.56 Å². The second kappa shape index (κ2) is 5.12. The Hall–Kier alpha value is 0.0300. The van der Waals surface area contributed by atoms with Gasteiger partial charge in [-0.25, -0.2) is 0 Å². The molecule has 0 radical (unpaired) electrons. The second-order valence-electron chi connectivity index (χ2n) is 4.99. The predicted octanol–water partition coefficient (Wildman–Crippen LogP) is 5.20. The zero-order valence-electron chi connectivity index (χ0n) is 9.84. The molecule has 0 fully saturated rings. The van der Waals surface area contributed by atoms with Gasteiger partial charge in [0.2, 0.25) is 0 Å². The van der Waals surface area contributed by atoms with Gasteiger partial charge in [-0.05, 0) is 45.4 Å². The third-order valence-corrected chi connectivity index (χ3v) is 4.24. The summed E-state index contributed by atoms with van der Waals surface area (Å²) in [6, 6.07) is 8.29. The van der Waals surface area contributed by atoms with E-state index in [9.17, 15) is 4.57 Å². The largest absolute Gasteiger partial charge is 0.289 e. The van der Waals surface area contributed by atoms with Crippen molar-refractivity contribution in [2.24, 2.45) is 0 Å². The molecule has 16 heavy (non-hydrogen) atoms. The van der Waals surface area contributed by atoms with Gasteiger partial charge in [-0.15, -0.1) is 0 Å². The third kappa shape index (κ3) is 4.91. The molecule has 90 valence electrons. The average Bonchev–Trinajstić information content (AvgIpc) is 2.13. The maximum absolute atomic E-state index is 11.1. The summed E-state index contributed by atoms with van der Waals surface area (Å²) < 4.78 is 11.1. The molecule has 0 aliphatic heterocycles. The SMILES string of the molecule is CC(C)(C)c1ccc(CCP(=O)(Cl)Cl)cc1. The van der Waals surface area contributed by atoms with E-state index in [2.05, 4.69) is 32.9 Å². The molecule has 0 saturated heterocycles. The Kier molecular flexibility index (Phi) is 4.51. The summed E-state index contributed by atoms with van der Waals surface area (Å²) in [4.78, 5) is 0. The summed E-state index contributed by atoms with van der Waals surface area (Å²) in [5, 5.41) is 0. The Balaban J connectivity index is 2.69. The minimum Gasteiger partial charge on any atom is -0.289 e. The van der Waals surface area contributed by atoms with Crippen molar-refractivity contribution in [3.05, 3.63) is 35.4 Å². The Morgan fingerprint density at radius 2 is 1.62 bits per heavy atom. The van der Waals surface area contributed by atoms with Crippen LogP contribution in [0, 0.1) is 0 Å². The normalized spacial score (nSPS) is 12.8. The third-order valence-electron chi connectivity index (χ3n) is 2.48. The summed E-state index contributed by atoms with van der Waals surface area (Å²) in [7, 11) is 0. The number of halogens is 2. The van der Waals surface area contributed by atoms with E-state index in [-0.39, 0.29) is 5.41 Å². The van der Waals surface area contributed by atoms with Gasteiger partial charge in [0, 0.05) is 6.16 Å². The van der Waals surface area contributed by atoms with Crippen LogP contribution >= 0.6 is 28.3 Å². The lowest BCUT2D eigenvalue weighted by atomic mass is 9.86.